The molecule has 0 aliphatic carbocycles. The molecule has 0 N–H and O–H groups in total. The smallest absolute Gasteiger partial charge is 0.166 e. The lowest BCUT2D eigenvalue weighted by Crippen LogP contribution is -2.21. The maximum atomic E-state index is 6.39. The number of pyridine rings is 1. The second-order valence-corrected chi connectivity index (χ2v) is 10.2. The zero-order valence-corrected chi connectivity index (χ0v) is 21.5. The van der Waals surface area contributed by atoms with E-state index < -0.39 is 0 Å². The number of imidazole rings is 1. The lowest BCUT2D eigenvalue weighted by molar-refractivity contribution is 0.636. The fourth-order valence-corrected chi connectivity index (χ4v) is 5.17. The van der Waals surface area contributed by atoms with E-state index in [0.29, 0.717) is 21.5 Å². The van der Waals surface area contributed by atoms with Crippen LogP contribution in [0.2, 0.25) is 10.0 Å². The monoisotopic (exact) mass is 523 g/mol. The molecule has 0 bridgehead atoms. The maximum absolute atomic E-state index is 6.39. The molecule has 0 aliphatic rings. The largest absolute Gasteiger partial charge is 0.368 e. The predicted octanol–water partition coefficient (Wildman–Crippen LogP) is 6.65. The number of nitrogens with zero attached hydrogens (tertiary/aromatic N) is 5. The molecule has 0 unspecified atom stereocenters. The SMILES string of the molecule is CN(C)C(=S)c1cc(Cc2nnc(-c3c(-c4ccc(Cl)cc4)nc4ccccn34)s2)ccc1Cl. The van der Waals surface area contributed by atoms with Gasteiger partial charge in [-0.25, -0.2) is 4.98 Å². The highest BCUT2D eigenvalue weighted by molar-refractivity contribution is 7.80. The van der Waals surface area contributed by atoms with Gasteiger partial charge in [0, 0.05) is 42.9 Å². The van der Waals surface area contributed by atoms with Gasteiger partial charge >= 0.3 is 0 Å². The fraction of sp³-hybridized carbons (Fsp3) is 0.120. The van der Waals surface area contributed by atoms with E-state index in [4.69, 9.17) is 40.4 Å². The summed E-state index contributed by atoms with van der Waals surface area (Å²) < 4.78 is 2.05. The van der Waals surface area contributed by atoms with E-state index >= 15 is 0 Å². The molecule has 0 saturated heterocycles. The predicted molar refractivity (Wildman–Crippen MR) is 144 cm³/mol. The molecule has 9 heteroatoms. The Bertz CT molecular complexity index is 1510. The van der Waals surface area contributed by atoms with Crippen LogP contribution in [0.25, 0.3) is 27.6 Å². The van der Waals surface area contributed by atoms with Crippen molar-refractivity contribution < 1.29 is 0 Å². The Labute approximate surface area is 216 Å². The van der Waals surface area contributed by atoms with Gasteiger partial charge in [-0.1, -0.05) is 71.0 Å². The van der Waals surface area contributed by atoms with Crippen LogP contribution in [0, 0.1) is 0 Å². The molecule has 170 valence electrons. The van der Waals surface area contributed by atoms with Gasteiger partial charge in [-0.2, -0.15) is 0 Å². The summed E-state index contributed by atoms with van der Waals surface area (Å²) in [7, 11) is 3.83. The van der Waals surface area contributed by atoms with Gasteiger partial charge in [-0.15, -0.1) is 10.2 Å². The first-order chi connectivity index (χ1) is 16.4. The Morgan fingerprint density at radius 1 is 1.03 bits per heavy atom. The minimum atomic E-state index is 0.630. The highest BCUT2D eigenvalue weighted by atomic mass is 35.5. The first kappa shape index (κ1) is 22.9. The number of fused-ring (bicyclic) bond motifs is 1. The molecule has 5 nitrogen and oxygen atoms in total. The summed E-state index contributed by atoms with van der Waals surface area (Å²) >= 11 is 19.6. The first-order valence-electron chi connectivity index (χ1n) is 10.5. The van der Waals surface area contributed by atoms with E-state index in [-0.39, 0.29) is 0 Å². The molecule has 5 aromatic rings. The molecule has 0 aliphatic heterocycles. The summed E-state index contributed by atoms with van der Waals surface area (Å²) in [5, 5.41) is 12.0. The molecule has 3 aromatic heterocycles. The molecule has 5 rings (SSSR count). The lowest BCUT2D eigenvalue weighted by atomic mass is 10.1. The second-order valence-electron chi connectivity index (χ2n) is 7.94. The normalized spacial score (nSPS) is 11.2. The van der Waals surface area contributed by atoms with Crippen molar-refractivity contribution in [1.82, 2.24) is 24.5 Å². The Kier molecular flexibility index (Phi) is 6.36. The highest BCUT2D eigenvalue weighted by Gasteiger charge is 2.20. The van der Waals surface area contributed by atoms with E-state index in [1.807, 2.05) is 90.3 Å². The van der Waals surface area contributed by atoms with Crippen LogP contribution in [0.4, 0.5) is 0 Å². The lowest BCUT2D eigenvalue weighted by Gasteiger charge is -2.15. The van der Waals surface area contributed by atoms with Crippen molar-refractivity contribution in [3.63, 3.8) is 0 Å². The molecule has 34 heavy (non-hydrogen) atoms. The summed E-state index contributed by atoms with van der Waals surface area (Å²) in [5.74, 6) is 0. The summed E-state index contributed by atoms with van der Waals surface area (Å²) in [6.45, 7) is 0. The molecule has 3 heterocycles. The van der Waals surface area contributed by atoms with Crippen LogP contribution in [0.15, 0.2) is 66.9 Å². The van der Waals surface area contributed by atoms with Crippen molar-refractivity contribution in [3.8, 4) is 22.0 Å². The minimum absolute atomic E-state index is 0.630. The summed E-state index contributed by atoms with van der Waals surface area (Å²) in [5.41, 5.74) is 5.49. The number of hydrogen-bond acceptors (Lipinski definition) is 5. The van der Waals surface area contributed by atoms with Crippen LogP contribution in [0.1, 0.15) is 16.1 Å². The molecule has 0 saturated carbocycles. The van der Waals surface area contributed by atoms with Gasteiger partial charge in [0.2, 0.25) is 0 Å². The minimum Gasteiger partial charge on any atom is -0.368 e. The Balaban J connectivity index is 1.53. The van der Waals surface area contributed by atoms with Gasteiger partial charge < -0.3 is 4.90 Å². The van der Waals surface area contributed by atoms with Gasteiger partial charge in [-0.3, -0.25) is 4.40 Å². The van der Waals surface area contributed by atoms with E-state index in [1.165, 1.54) is 0 Å². The average molecular weight is 525 g/mol. The van der Waals surface area contributed by atoms with Crippen molar-refractivity contribution in [2.75, 3.05) is 14.1 Å². The molecule has 2 aromatic carbocycles. The first-order valence-corrected chi connectivity index (χ1v) is 12.4. The highest BCUT2D eigenvalue weighted by Crippen LogP contribution is 2.35. The molecule has 0 atom stereocenters. The molecular formula is C25H19Cl2N5S2. The quantitative estimate of drug-likeness (QED) is 0.241. The van der Waals surface area contributed by atoms with Gasteiger partial charge in [0.1, 0.15) is 21.3 Å². The number of aromatic nitrogens is 4. The number of thiocarbonyl (C=S) groups is 1. The Morgan fingerprint density at radius 3 is 2.59 bits per heavy atom. The number of halogens is 2. The molecule has 0 spiro atoms. The number of hydrogen-bond donors (Lipinski definition) is 0. The second kappa shape index (κ2) is 9.43. The van der Waals surface area contributed by atoms with Gasteiger partial charge in [0.05, 0.1) is 10.7 Å². The van der Waals surface area contributed by atoms with Crippen LogP contribution in [-0.4, -0.2) is 43.6 Å². The third kappa shape index (κ3) is 4.44. The average Bonchev–Trinajstić information content (AvgIpc) is 3.44. The van der Waals surface area contributed by atoms with Crippen LogP contribution in [0.3, 0.4) is 0 Å². The summed E-state index contributed by atoms with van der Waals surface area (Å²) in [6, 6.07) is 19.5. The van der Waals surface area contributed by atoms with Crippen LogP contribution >= 0.6 is 46.8 Å². The van der Waals surface area contributed by atoms with E-state index in [0.717, 1.165) is 43.7 Å². The topological polar surface area (TPSA) is 46.3 Å². The zero-order valence-electron chi connectivity index (χ0n) is 18.4. The Hall–Kier alpha value is -2.84. The molecule has 0 radical (unpaired) electrons. The van der Waals surface area contributed by atoms with Crippen LogP contribution in [0.5, 0.6) is 0 Å². The molecule has 0 fully saturated rings. The van der Waals surface area contributed by atoms with Crippen molar-refractivity contribution in [1.29, 1.82) is 0 Å². The van der Waals surface area contributed by atoms with Crippen molar-refractivity contribution in [3.05, 3.63) is 93.0 Å². The number of rotatable bonds is 5. The summed E-state index contributed by atoms with van der Waals surface area (Å²) in [4.78, 5) is 7.44. The standard InChI is InChI=1S/C25H19Cl2N5S2/c1-31(2)25(33)18-13-15(6-11-19(18)27)14-21-29-30-24(34-21)23-22(16-7-9-17(26)10-8-16)28-20-5-3-4-12-32(20)23/h3-13H,14H2,1-2H3. The number of benzene rings is 2. The third-order valence-electron chi connectivity index (χ3n) is 5.34. The molecule has 0 amide bonds. The van der Waals surface area contributed by atoms with Crippen molar-refractivity contribution in [2.45, 2.75) is 6.42 Å². The van der Waals surface area contributed by atoms with Crippen molar-refractivity contribution >= 4 is 57.4 Å². The summed E-state index contributed by atoms with van der Waals surface area (Å²) in [6.07, 6.45) is 2.62. The van der Waals surface area contributed by atoms with E-state index in [2.05, 4.69) is 10.2 Å². The van der Waals surface area contributed by atoms with Gasteiger partial charge in [0.25, 0.3) is 0 Å². The fourth-order valence-electron chi connectivity index (χ4n) is 3.69. The van der Waals surface area contributed by atoms with Crippen LogP contribution < -0.4 is 0 Å². The van der Waals surface area contributed by atoms with Gasteiger partial charge in [0.15, 0.2) is 5.01 Å². The van der Waals surface area contributed by atoms with Crippen LogP contribution in [-0.2, 0) is 6.42 Å². The van der Waals surface area contributed by atoms with Crippen molar-refractivity contribution in [2.24, 2.45) is 0 Å². The zero-order chi connectivity index (χ0) is 23.8. The maximum Gasteiger partial charge on any atom is 0.166 e. The third-order valence-corrected chi connectivity index (χ3v) is 7.44. The molecular weight excluding hydrogens is 505 g/mol. The van der Waals surface area contributed by atoms with Gasteiger partial charge in [-0.05, 0) is 42.0 Å². The van der Waals surface area contributed by atoms with E-state index in [9.17, 15) is 0 Å². The van der Waals surface area contributed by atoms with E-state index in [1.54, 1.807) is 11.3 Å². The Morgan fingerprint density at radius 2 is 1.82 bits per heavy atom.